The number of nitrogens with zero attached hydrogens (tertiary/aromatic N) is 4. The van der Waals surface area contributed by atoms with Crippen LogP contribution in [0.4, 0.5) is 17.1 Å². The highest BCUT2D eigenvalue weighted by Gasteiger charge is 2.16. The van der Waals surface area contributed by atoms with Crippen LogP contribution in [-0.4, -0.2) is 14.8 Å². The van der Waals surface area contributed by atoms with Crippen LogP contribution in [0.3, 0.4) is 0 Å². The van der Waals surface area contributed by atoms with Crippen LogP contribution in [0, 0.1) is 6.92 Å². The zero-order chi connectivity index (χ0) is 33.4. The zero-order valence-electron chi connectivity index (χ0n) is 27.4. The lowest BCUT2D eigenvalue weighted by Gasteiger charge is -2.25. The van der Waals surface area contributed by atoms with E-state index in [1.807, 2.05) is 48.5 Å². The molecule has 50 heavy (non-hydrogen) atoms. The van der Waals surface area contributed by atoms with Crippen molar-refractivity contribution >= 4 is 38.9 Å². The van der Waals surface area contributed by atoms with Crippen molar-refractivity contribution in [3.8, 4) is 39.7 Å². The maximum absolute atomic E-state index is 6.02. The Morgan fingerprint density at radius 1 is 0.440 bits per heavy atom. The Balaban J connectivity index is 1.05. The van der Waals surface area contributed by atoms with E-state index in [0.29, 0.717) is 11.8 Å². The summed E-state index contributed by atoms with van der Waals surface area (Å²) in [7, 11) is 0. The summed E-state index contributed by atoms with van der Waals surface area (Å²) in [6.45, 7) is 2.13. The molecule has 2 aromatic heterocycles. The van der Waals surface area contributed by atoms with Gasteiger partial charge in [-0.1, -0.05) is 90.5 Å². The number of aryl methyl sites for hydroxylation is 1. The van der Waals surface area contributed by atoms with Gasteiger partial charge in [-0.3, -0.25) is 0 Å². The second-order valence-electron chi connectivity index (χ2n) is 12.5. The van der Waals surface area contributed by atoms with Crippen LogP contribution in [0.25, 0.3) is 61.5 Å². The summed E-state index contributed by atoms with van der Waals surface area (Å²) in [5, 5.41) is 11.1. The van der Waals surface area contributed by atoms with Gasteiger partial charge in [0.2, 0.25) is 11.8 Å². The minimum atomic E-state index is 0.491. The number of fused-ring (bicyclic) bond motifs is 3. The van der Waals surface area contributed by atoms with Gasteiger partial charge in [-0.15, -0.1) is 10.2 Å². The van der Waals surface area contributed by atoms with E-state index in [4.69, 9.17) is 4.42 Å². The van der Waals surface area contributed by atoms with Crippen LogP contribution in [0.15, 0.2) is 180 Å². The maximum Gasteiger partial charge on any atom is 0.248 e. The molecule has 7 aromatic carbocycles. The number of hydrogen-bond acceptors (Lipinski definition) is 4. The molecule has 5 heteroatoms. The van der Waals surface area contributed by atoms with E-state index in [0.717, 1.165) is 33.8 Å². The summed E-state index contributed by atoms with van der Waals surface area (Å²) >= 11 is 0. The first kappa shape index (κ1) is 29.4. The summed E-state index contributed by atoms with van der Waals surface area (Å²) in [5.41, 5.74) is 12.1. The van der Waals surface area contributed by atoms with Crippen molar-refractivity contribution in [3.63, 3.8) is 0 Å². The van der Waals surface area contributed by atoms with Gasteiger partial charge in [0, 0.05) is 44.6 Å². The Morgan fingerprint density at radius 3 is 1.64 bits per heavy atom. The quantitative estimate of drug-likeness (QED) is 0.173. The van der Waals surface area contributed by atoms with Crippen molar-refractivity contribution < 1.29 is 4.42 Å². The van der Waals surface area contributed by atoms with Gasteiger partial charge in [-0.2, -0.15) is 0 Å². The molecule has 238 valence electrons. The van der Waals surface area contributed by atoms with Crippen molar-refractivity contribution in [1.29, 1.82) is 0 Å². The molecular formula is C45H32N4O. The van der Waals surface area contributed by atoms with Crippen LogP contribution in [0.2, 0.25) is 0 Å². The second-order valence-corrected chi connectivity index (χ2v) is 12.5. The molecule has 0 bridgehead atoms. The van der Waals surface area contributed by atoms with Gasteiger partial charge in [-0.05, 0) is 109 Å². The number of aromatic nitrogens is 3. The fourth-order valence-electron chi connectivity index (χ4n) is 6.74. The first-order chi connectivity index (χ1) is 24.7. The van der Waals surface area contributed by atoms with E-state index in [9.17, 15) is 0 Å². The smallest absolute Gasteiger partial charge is 0.248 e. The van der Waals surface area contributed by atoms with Crippen LogP contribution >= 0.6 is 0 Å². The molecule has 2 heterocycles. The molecule has 0 aliphatic heterocycles. The molecule has 0 N–H and O–H groups in total. The van der Waals surface area contributed by atoms with E-state index >= 15 is 0 Å². The fraction of sp³-hybridized carbons (Fsp3) is 0.0222. The summed E-state index contributed by atoms with van der Waals surface area (Å²) in [6.07, 6.45) is 0. The highest BCUT2D eigenvalue weighted by molar-refractivity contribution is 6.10. The number of hydrogen-bond donors (Lipinski definition) is 0. The van der Waals surface area contributed by atoms with Crippen molar-refractivity contribution in [2.45, 2.75) is 6.92 Å². The Hall–Kier alpha value is -6.72. The number of para-hydroxylation sites is 2. The molecule has 5 nitrogen and oxygen atoms in total. The molecule has 9 aromatic rings. The second kappa shape index (κ2) is 12.4. The summed E-state index contributed by atoms with van der Waals surface area (Å²) < 4.78 is 8.38. The van der Waals surface area contributed by atoms with Crippen LogP contribution in [0.5, 0.6) is 0 Å². The van der Waals surface area contributed by atoms with Crippen LogP contribution < -0.4 is 4.90 Å². The third kappa shape index (κ3) is 5.31. The molecule has 0 radical (unpaired) electrons. The van der Waals surface area contributed by atoms with E-state index in [-0.39, 0.29) is 0 Å². The third-order valence-corrected chi connectivity index (χ3v) is 9.26. The average molecular weight is 645 g/mol. The van der Waals surface area contributed by atoms with Crippen LogP contribution in [-0.2, 0) is 0 Å². The molecule has 0 saturated heterocycles. The largest absolute Gasteiger partial charge is 0.416 e. The molecule has 0 unspecified atom stereocenters. The monoisotopic (exact) mass is 644 g/mol. The average Bonchev–Trinajstić information content (AvgIpc) is 3.81. The first-order valence-electron chi connectivity index (χ1n) is 16.7. The lowest BCUT2D eigenvalue weighted by Crippen LogP contribution is -2.09. The standard InChI is InChI=1S/C45H32N4O/c1-31-16-23-39(24-17-31)49-42-15-9-8-14-40(42)41-30-35(22-29-43(41)49)32-18-25-37(26-19-32)48(36-12-6-3-7-13-36)38-27-20-34(21-28-38)45-47-46-44(50-45)33-10-4-2-5-11-33/h2-30H,1H3. The highest BCUT2D eigenvalue weighted by Crippen LogP contribution is 2.38. The molecule has 0 spiro atoms. The Kier molecular flexibility index (Phi) is 7.29. The summed E-state index contributed by atoms with van der Waals surface area (Å²) in [5.74, 6) is 0.997. The Morgan fingerprint density at radius 2 is 0.960 bits per heavy atom. The van der Waals surface area contributed by atoms with Gasteiger partial charge < -0.3 is 13.9 Å². The van der Waals surface area contributed by atoms with Gasteiger partial charge in [0.25, 0.3) is 0 Å². The molecule has 0 fully saturated rings. The Labute approximate surface area is 290 Å². The normalized spacial score (nSPS) is 11.3. The van der Waals surface area contributed by atoms with E-state index in [1.165, 1.54) is 38.6 Å². The lowest BCUT2D eigenvalue weighted by molar-refractivity contribution is 0.584. The van der Waals surface area contributed by atoms with Crippen molar-refractivity contribution in [2.75, 3.05) is 4.90 Å². The van der Waals surface area contributed by atoms with E-state index in [1.54, 1.807) is 0 Å². The summed E-state index contributed by atoms with van der Waals surface area (Å²) in [4.78, 5) is 2.26. The topological polar surface area (TPSA) is 47.1 Å². The van der Waals surface area contributed by atoms with E-state index < -0.39 is 0 Å². The lowest BCUT2D eigenvalue weighted by atomic mass is 10.0. The third-order valence-electron chi connectivity index (χ3n) is 9.26. The molecule has 0 saturated carbocycles. The minimum Gasteiger partial charge on any atom is -0.416 e. The van der Waals surface area contributed by atoms with Crippen molar-refractivity contribution in [1.82, 2.24) is 14.8 Å². The number of benzene rings is 7. The fourth-order valence-corrected chi connectivity index (χ4v) is 6.74. The first-order valence-corrected chi connectivity index (χ1v) is 16.7. The van der Waals surface area contributed by atoms with Crippen LogP contribution in [0.1, 0.15) is 5.56 Å². The van der Waals surface area contributed by atoms with E-state index in [2.05, 4.69) is 154 Å². The highest BCUT2D eigenvalue weighted by atomic mass is 16.4. The van der Waals surface area contributed by atoms with Gasteiger partial charge in [0.05, 0.1) is 11.0 Å². The molecule has 9 rings (SSSR count). The number of anilines is 3. The molecule has 0 aliphatic carbocycles. The zero-order valence-corrected chi connectivity index (χ0v) is 27.4. The predicted molar refractivity (Wildman–Crippen MR) is 204 cm³/mol. The predicted octanol–water partition coefficient (Wildman–Crippen LogP) is 11.9. The molecule has 0 aliphatic rings. The summed E-state index contributed by atoms with van der Waals surface area (Å²) in [6, 6.07) is 61.6. The number of rotatable bonds is 7. The van der Waals surface area contributed by atoms with Gasteiger partial charge in [0.1, 0.15) is 0 Å². The van der Waals surface area contributed by atoms with Gasteiger partial charge in [0.15, 0.2) is 0 Å². The maximum atomic E-state index is 6.02. The van der Waals surface area contributed by atoms with Gasteiger partial charge in [-0.25, -0.2) is 0 Å². The SMILES string of the molecule is Cc1ccc(-n2c3ccccc3c3cc(-c4ccc(N(c5ccccc5)c5ccc(-c6nnc(-c7ccccc7)o6)cc5)cc4)ccc32)cc1. The Bertz CT molecular complexity index is 2570. The minimum absolute atomic E-state index is 0.491. The molecular weight excluding hydrogens is 613 g/mol. The van der Waals surface area contributed by atoms with Gasteiger partial charge >= 0.3 is 0 Å². The molecule has 0 amide bonds. The van der Waals surface area contributed by atoms with Crippen molar-refractivity contribution in [2.24, 2.45) is 0 Å². The molecule has 0 atom stereocenters. The van der Waals surface area contributed by atoms with Crippen molar-refractivity contribution in [3.05, 3.63) is 181 Å².